The molecule has 0 bridgehead atoms. The Labute approximate surface area is 122 Å². The first-order valence-corrected chi connectivity index (χ1v) is 8.21. The number of benzene rings is 1. The summed E-state index contributed by atoms with van der Waals surface area (Å²) in [5.41, 5.74) is 2.74. The molecule has 0 aromatic heterocycles. The molecular formula is C16H27NOS. The summed E-state index contributed by atoms with van der Waals surface area (Å²) in [6.07, 6.45) is 2.38. The molecule has 0 saturated heterocycles. The molecule has 0 aliphatic rings. The van der Waals surface area contributed by atoms with Crippen LogP contribution in [0.15, 0.2) is 23.1 Å². The van der Waals surface area contributed by atoms with Gasteiger partial charge in [-0.1, -0.05) is 19.4 Å². The maximum Gasteiger partial charge on any atom is 0.0590 e. The number of thioether (sulfide) groups is 1. The normalized spacial score (nSPS) is 10.9. The Morgan fingerprint density at radius 1 is 1.11 bits per heavy atom. The van der Waals surface area contributed by atoms with Crippen LogP contribution in [-0.4, -0.2) is 32.1 Å². The smallest absolute Gasteiger partial charge is 0.0590 e. The van der Waals surface area contributed by atoms with Crippen molar-refractivity contribution in [1.29, 1.82) is 0 Å². The van der Waals surface area contributed by atoms with E-state index in [9.17, 15) is 0 Å². The van der Waals surface area contributed by atoms with Gasteiger partial charge in [-0.05, 0) is 43.5 Å². The molecule has 0 atom stereocenters. The van der Waals surface area contributed by atoms with E-state index >= 15 is 0 Å². The SMILES string of the molecule is CCCCOCCNCCSc1ccc(C)c(C)c1. The fourth-order valence-corrected chi connectivity index (χ4v) is 2.57. The van der Waals surface area contributed by atoms with E-state index in [2.05, 4.69) is 44.3 Å². The highest BCUT2D eigenvalue weighted by Gasteiger charge is 1.97. The molecule has 3 heteroatoms. The van der Waals surface area contributed by atoms with Crippen LogP contribution >= 0.6 is 11.8 Å². The zero-order valence-corrected chi connectivity index (χ0v) is 13.3. The Morgan fingerprint density at radius 3 is 2.68 bits per heavy atom. The molecule has 1 aromatic carbocycles. The topological polar surface area (TPSA) is 21.3 Å². The van der Waals surface area contributed by atoms with Gasteiger partial charge in [0.1, 0.15) is 0 Å². The van der Waals surface area contributed by atoms with Gasteiger partial charge >= 0.3 is 0 Å². The molecule has 1 aromatic rings. The minimum Gasteiger partial charge on any atom is -0.380 e. The standard InChI is InChI=1S/C16H27NOS/c1-4-5-10-18-11-8-17-9-12-19-16-7-6-14(2)15(3)13-16/h6-7,13,17H,4-5,8-12H2,1-3H3. The molecule has 0 unspecified atom stereocenters. The lowest BCUT2D eigenvalue weighted by Crippen LogP contribution is -2.22. The van der Waals surface area contributed by atoms with Crippen molar-refractivity contribution in [1.82, 2.24) is 5.32 Å². The molecule has 0 heterocycles. The first-order chi connectivity index (χ1) is 9.24. The number of hydrogen-bond donors (Lipinski definition) is 1. The van der Waals surface area contributed by atoms with Gasteiger partial charge < -0.3 is 10.1 Å². The highest BCUT2D eigenvalue weighted by atomic mass is 32.2. The van der Waals surface area contributed by atoms with Gasteiger partial charge in [-0.25, -0.2) is 0 Å². The quantitative estimate of drug-likeness (QED) is 0.520. The summed E-state index contributed by atoms with van der Waals surface area (Å²) in [6.45, 7) is 10.2. The van der Waals surface area contributed by atoms with Crippen LogP contribution in [0.5, 0.6) is 0 Å². The fourth-order valence-electron chi connectivity index (χ4n) is 1.66. The van der Waals surface area contributed by atoms with Crippen molar-refractivity contribution in [3.63, 3.8) is 0 Å². The Morgan fingerprint density at radius 2 is 1.95 bits per heavy atom. The van der Waals surface area contributed by atoms with Crippen molar-refractivity contribution >= 4 is 11.8 Å². The third kappa shape index (κ3) is 7.61. The Kier molecular flexibility index (Phi) is 8.97. The van der Waals surface area contributed by atoms with Crippen LogP contribution in [0.2, 0.25) is 0 Å². The Balaban J connectivity index is 2.00. The molecule has 0 spiro atoms. The van der Waals surface area contributed by atoms with Crippen LogP contribution in [0.4, 0.5) is 0 Å². The van der Waals surface area contributed by atoms with Crippen molar-refractivity contribution < 1.29 is 4.74 Å². The average molecular weight is 281 g/mol. The largest absolute Gasteiger partial charge is 0.380 e. The van der Waals surface area contributed by atoms with Crippen molar-refractivity contribution in [3.05, 3.63) is 29.3 Å². The van der Waals surface area contributed by atoms with E-state index in [0.29, 0.717) is 0 Å². The third-order valence-electron chi connectivity index (χ3n) is 3.09. The second-order valence-corrected chi connectivity index (χ2v) is 5.98. The van der Waals surface area contributed by atoms with Crippen LogP contribution < -0.4 is 5.32 Å². The predicted octanol–water partition coefficient (Wildman–Crippen LogP) is 3.80. The molecule has 19 heavy (non-hydrogen) atoms. The third-order valence-corrected chi connectivity index (χ3v) is 4.09. The van der Waals surface area contributed by atoms with Crippen LogP contribution in [-0.2, 0) is 4.74 Å². The summed E-state index contributed by atoms with van der Waals surface area (Å²) in [6, 6.07) is 6.68. The monoisotopic (exact) mass is 281 g/mol. The molecule has 2 nitrogen and oxygen atoms in total. The summed E-state index contributed by atoms with van der Waals surface area (Å²) in [4.78, 5) is 1.36. The van der Waals surface area contributed by atoms with Gasteiger partial charge in [0.25, 0.3) is 0 Å². The van der Waals surface area contributed by atoms with E-state index in [1.165, 1.54) is 28.9 Å². The van der Waals surface area contributed by atoms with E-state index < -0.39 is 0 Å². The van der Waals surface area contributed by atoms with Gasteiger partial charge in [0.05, 0.1) is 6.61 Å². The van der Waals surface area contributed by atoms with Crippen molar-refractivity contribution in [2.24, 2.45) is 0 Å². The van der Waals surface area contributed by atoms with Crippen molar-refractivity contribution in [3.8, 4) is 0 Å². The highest BCUT2D eigenvalue weighted by molar-refractivity contribution is 7.99. The van der Waals surface area contributed by atoms with Crippen LogP contribution in [0, 0.1) is 13.8 Å². The molecule has 0 radical (unpaired) electrons. The lowest BCUT2D eigenvalue weighted by Gasteiger charge is -2.07. The lowest BCUT2D eigenvalue weighted by molar-refractivity contribution is 0.133. The molecule has 0 amide bonds. The second kappa shape index (κ2) is 10.3. The van der Waals surface area contributed by atoms with Crippen LogP contribution in [0.1, 0.15) is 30.9 Å². The summed E-state index contributed by atoms with van der Waals surface area (Å²) >= 11 is 1.91. The molecule has 0 saturated carbocycles. The first-order valence-electron chi connectivity index (χ1n) is 7.22. The second-order valence-electron chi connectivity index (χ2n) is 4.81. The van der Waals surface area contributed by atoms with E-state index in [1.807, 2.05) is 11.8 Å². The number of ether oxygens (including phenoxy) is 1. The molecule has 0 fully saturated rings. The van der Waals surface area contributed by atoms with E-state index in [1.54, 1.807) is 0 Å². The molecular weight excluding hydrogens is 254 g/mol. The number of aryl methyl sites for hydroxylation is 2. The van der Waals surface area contributed by atoms with Crippen LogP contribution in [0.3, 0.4) is 0 Å². The van der Waals surface area contributed by atoms with Gasteiger partial charge in [-0.3, -0.25) is 0 Å². The summed E-state index contributed by atoms with van der Waals surface area (Å²) in [5.74, 6) is 1.11. The number of hydrogen-bond acceptors (Lipinski definition) is 3. The predicted molar refractivity (Wildman–Crippen MR) is 85.2 cm³/mol. The van der Waals surface area contributed by atoms with Gasteiger partial charge in [-0.2, -0.15) is 0 Å². The average Bonchev–Trinajstić information content (AvgIpc) is 2.41. The van der Waals surface area contributed by atoms with E-state index in [-0.39, 0.29) is 0 Å². The van der Waals surface area contributed by atoms with Crippen molar-refractivity contribution in [2.45, 2.75) is 38.5 Å². The zero-order valence-electron chi connectivity index (χ0n) is 12.5. The van der Waals surface area contributed by atoms with Crippen LogP contribution in [0.25, 0.3) is 0 Å². The minimum atomic E-state index is 0.828. The van der Waals surface area contributed by atoms with E-state index in [4.69, 9.17) is 4.74 Å². The molecule has 108 valence electrons. The minimum absolute atomic E-state index is 0.828. The van der Waals surface area contributed by atoms with Gasteiger partial charge in [0, 0.05) is 30.3 Å². The van der Waals surface area contributed by atoms with Gasteiger partial charge in [0.15, 0.2) is 0 Å². The number of rotatable bonds is 10. The molecule has 0 aliphatic heterocycles. The first kappa shape index (κ1) is 16.5. The molecule has 0 aliphatic carbocycles. The summed E-state index contributed by atoms with van der Waals surface area (Å²) < 4.78 is 5.50. The van der Waals surface area contributed by atoms with Gasteiger partial charge in [0.2, 0.25) is 0 Å². The molecule has 1 N–H and O–H groups in total. The van der Waals surface area contributed by atoms with E-state index in [0.717, 1.165) is 32.1 Å². The highest BCUT2D eigenvalue weighted by Crippen LogP contribution is 2.20. The van der Waals surface area contributed by atoms with Gasteiger partial charge in [-0.15, -0.1) is 11.8 Å². The zero-order chi connectivity index (χ0) is 13.9. The number of nitrogens with one attached hydrogen (secondary N) is 1. The molecule has 1 rings (SSSR count). The summed E-state index contributed by atoms with van der Waals surface area (Å²) in [7, 11) is 0. The van der Waals surface area contributed by atoms with Crippen molar-refractivity contribution in [2.75, 3.05) is 32.1 Å². The Hall–Kier alpha value is -0.510. The Bertz CT molecular complexity index is 355. The number of unbranched alkanes of at least 4 members (excludes halogenated alkanes) is 1. The fraction of sp³-hybridized carbons (Fsp3) is 0.625. The maximum atomic E-state index is 5.50. The lowest BCUT2D eigenvalue weighted by atomic mass is 10.1. The maximum absolute atomic E-state index is 5.50. The summed E-state index contributed by atoms with van der Waals surface area (Å²) in [5, 5.41) is 3.41.